The minimum absolute atomic E-state index is 0.0331. The Hall–Kier alpha value is -1.88. The highest BCUT2D eigenvalue weighted by molar-refractivity contribution is 9.10. The molecule has 3 nitrogen and oxygen atoms in total. The molecule has 0 radical (unpaired) electrons. The van der Waals surface area contributed by atoms with Gasteiger partial charge >= 0.3 is 5.97 Å². The van der Waals surface area contributed by atoms with E-state index < -0.39 is 5.97 Å². The van der Waals surface area contributed by atoms with Gasteiger partial charge in [0.2, 0.25) is 0 Å². The maximum atomic E-state index is 13.5. The van der Waals surface area contributed by atoms with Crippen molar-refractivity contribution in [3.05, 3.63) is 64.4 Å². The molecule has 0 spiro atoms. The second kappa shape index (κ2) is 7.22. The van der Waals surface area contributed by atoms with Gasteiger partial charge in [0.25, 0.3) is 0 Å². The molecule has 0 aliphatic carbocycles. The van der Waals surface area contributed by atoms with Crippen molar-refractivity contribution in [2.45, 2.75) is 13.0 Å². The minimum Gasteiger partial charge on any atom is -0.481 e. The molecule has 0 saturated carbocycles. The average molecular weight is 352 g/mol. The Labute approximate surface area is 131 Å². The number of carbonyl (C=O) groups is 1. The first kappa shape index (κ1) is 15.5. The number of hydrogen-bond acceptors (Lipinski definition) is 2. The number of benzene rings is 2. The number of carboxylic acids is 1. The van der Waals surface area contributed by atoms with Gasteiger partial charge < -0.3 is 10.0 Å². The van der Waals surface area contributed by atoms with Crippen LogP contribution in [0.1, 0.15) is 12.0 Å². The van der Waals surface area contributed by atoms with E-state index in [9.17, 15) is 9.18 Å². The van der Waals surface area contributed by atoms with Crippen LogP contribution in [-0.4, -0.2) is 17.6 Å². The first-order valence-electron chi connectivity index (χ1n) is 6.51. The zero-order chi connectivity index (χ0) is 15.2. The molecule has 0 aliphatic rings. The van der Waals surface area contributed by atoms with Crippen LogP contribution in [0.3, 0.4) is 0 Å². The highest BCUT2D eigenvalue weighted by Gasteiger charge is 2.10. The summed E-state index contributed by atoms with van der Waals surface area (Å²) in [4.78, 5) is 12.7. The number of halogens is 2. The van der Waals surface area contributed by atoms with Gasteiger partial charge in [-0.2, -0.15) is 0 Å². The molecule has 110 valence electrons. The van der Waals surface area contributed by atoms with Crippen LogP contribution < -0.4 is 4.90 Å². The van der Waals surface area contributed by atoms with E-state index in [2.05, 4.69) is 15.9 Å². The van der Waals surface area contributed by atoms with Crippen molar-refractivity contribution in [3.8, 4) is 0 Å². The van der Waals surface area contributed by atoms with Crippen LogP contribution in [0, 0.1) is 5.82 Å². The van der Waals surface area contributed by atoms with E-state index >= 15 is 0 Å². The Bertz CT molecular complexity index is 599. The van der Waals surface area contributed by atoms with Crippen molar-refractivity contribution in [1.29, 1.82) is 0 Å². The molecule has 5 heteroatoms. The van der Waals surface area contributed by atoms with Gasteiger partial charge in [-0.1, -0.05) is 34.1 Å². The zero-order valence-corrected chi connectivity index (χ0v) is 12.9. The second-order valence-corrected chi connectivity index (χ2v) is 5.59. The number of hydrogen-bond donors (Lipinski definition) is 1. The molecule has 1 N–H and O–H groups in total. The van der Waals surface area contributed by atoms with E-state index in [0.29, 0.717) is 17.6 Å². The molecule has 0 aliphatic heterocycles. The fraction of sp³-hybridized carbons (Fsp3) is 0.188. The van der Waals surface area contributed by atoms with Gasteiger partial charge in [0.1, 0.15) is 5.82 Å². The number of nitrogens with zero attached hydrogens (tertiary/aromatic N) is 1. The number of anilines is 1. The largest absolute Gasteiger partial charge is 0.481 e. The molecule has 0 atom stereocenters. The highest BCUT2D eigenvalue weighted by atomic mass is 79.9. The third-order valence-corrected chi connectivity index (χ3v) is 3.47. The summed E-state index contributed by atoms with van der Waals surface area (Å²) in [5.41, 5.74) is 1.70. The predicted molar refractivity (Wildman–Crippen MR) is 83.8 cm³/mol. The number of para-hydroxylation sites is 1. The molecule has 0 unspecified atom stereocenters. The Morgan fingerprint density at radius 1 is 1.19 bits per heavy atom. The lowest BCUT2D eigenvalue weighted by Gasteiger charge is -2.24. The third kappa shape index (κ3) is 4.86. The fourth-order valence-corrected chi connectivity index (χ4v) is 2.60. The number of carboxylic acid groups (broad SMARTS) is 1. The van der Waals surface area contributed by atoms with E-state index in [1.54, 1.807) is 0 Å². The molecule has 2 aromatic rings. The van der Waals surface area contributed by atoms with Crippen molar-refractivity contribution in [1.82, 2.24) is 0 Å². The predicted octanol–water partition coefficient (Wildman–Crippen LogP) is 4.07. The first-order chi connectivity index (χ1) is 10.0. The van der Waals surface area contributed by atoms with Gasteiger partial charge in [0, 0.05) is 23.2 Å². The van der Waals surface area contributed by atoms with Crippen LogP contribution in [-0.2, 0) is 11.3 Å². The van der Waals surface area contributed by atoms with Gasteiger partial charge in [-0.3, -0.25) is 4.79 Å². The third-order valence-electron chi connectivity index (χ3n) is 3.01. The number of aliphatic carboxylic acids is 1. The molecule has 0 fully saturated rings. The minimum atomic E-state index is -0.851. The van der Waals surface area contributed by atoms with Crippen LogP contribution in [0.2, 0.25) is 0 Å². The summed E-state index contributed by atoms with van der Waals surface area (Å²) in [7, 11) is 0. The van der Waals surface area contributed by atoms with Crippen LogP contribution in [0.15, 0.2) is 53.0 Å². The molecule has 0 amide bonds. The van der Waals surface area contributed by atoms with Crippen molar-refractivity contribution in [2.24, 2.45) is 0 Å². The Morgan fingerprint density at radius 2 is 1.90 bits per heavy atom. The van der Waals surface area contributed by atoms with Gasteiger partial charge in [-0.05, 0) is 35.9 Å². The Balaban J connectivity index is 2.20. The Morgan fingerprint density at radius 3 is 2.52 bits per heavy atom. The van der Waals surface area contributed by atoms with E-state index in [1.807, 2.05) is 41.3 Å². The van der Waals surface area contributed by atoms with Gasteiger partial charge in [-0.25, -0.2) is 4.39 Å². The maximum absolute atomic E-state index is 13.5. The van der Waals surface area contributed by atoms with Gasteiger partial charge in [-0.15, -0.1) is 0 Å². The summed E-state index contributed by atoms with van der Waals surface area (Å²) in [6.07, 6.45) is 0.0331. The summed E-state index contributed by atoms with van der Waals surface area (Å²) in [6, 6.07) is 14.2. The molecular formula is C16H15BrFNO2. The first-order valence-corrected chi connectivity index (χ1v) is 7.30. The lowest BCUT2D eigenvalue weighted by Crippen LogP contribution is -2.25. The molecule has 0 bridgehead atoms. The van der Waals surface area contributed by atoms with E-state index in [4.69, 9.17) is 5.11 Å². The molecule has 0 saturated heterocycles. The topological polar surface area (TPSA) is 40.5 Å². The monoisotopic (exact) mass is 351 g/mol. The Kier molecular flexibility index (Phi) is 5.33. The summed E-state index contributed by atoms with van der Waals surface area (Å²) in [5, 5.41) is 8.87. The van der Waals surface area contributed by atoms with Gasteiger partial charge in [0.05, 0.1) is 6.42 Å². The smallest absolute Gasteiger partial charge is 0.305 e. The molecule has 0 aromatic heterocycles. The summed E-state index contributed by atoms with van der Waals surface area (Å²) in [5.74, 6) is -1.16. The van der Waals surface area contributed by atoms with Crippen LogP contribution in [0.4, 0.5) is 10.1 Å². The summed E-state index contributed by atoms with van der Waals surface area (Å²) < 4.78 is 14.1. The number of rotatable bonds is 6. The zero-order valence-electron chi connectivity index (χ0n) is 11.3. The van der Waals surface area contributed by atoms with Crippen molar-refractivity contribution < 1.29 is 14.3 Å². The standard InChI is InChI=1S/C16H15BrFNO2/c17-13-8-12(9-14(18)10-13)11-19(7-6-16(20)21)15-4-2-1-3-5-15/h1-5,8-10H,6-7,11H2,(H,20,21). The summed E-state index contributed by atoms with van der Waals surface area (Å²) >= 11 is 3.27. The van der Waals surface area contributed by atoms with Crippen molar-refractivity contribution in [3.63, 3.8) is 0 Å². The summed E-state index contributed by atoms with van der Waals surface area (Å²) in [6.45, 7) is 0.821. The second-order valence-electron chi connectivity index (χ2n) is 4.68. The SMILES string of the molecule is O=C(O)CCN(Cc1cc(F)cc(Br)c1)c1ccccc1. The van der Waals surface area contributed by atoms with Gasteiger partial charge in [0.15, 0.2) is 0 Å². The van der Waals surface area contributed by atoms with Crippen LogP contribution in [0.5, 0.6) is 0 Å². The molecule has 2 rings (SSSR count). The highest BCUT2D eigenvalue weighted by Crippen LogP contribution is 2.20. The lowest BCUT2D eigenvalue weighted by molar-refractivity contribution is -0.136. The van der Waals surface area contributed by atoms with Crippen molar-refractivity contribution >= 4 is 27.6 Å². The van der Waals surface area contributed by atoms with Crippen LogP contribution >= 0.6 is 15.9 Å². The van der Waals surface area contributed by atoms with Crippen LogP contribution in [0.25, 0.3) is 0 Å². The lowest BCUT2D eigenvalue weighted by atomic mass is 10.2. The average Bonchev–Trinajstić information content (AvgIpc) is 2.43. The quantitative estimate of drug-likeness (QED) is 0.852. The fourth-order valence-electron chi connectivity index (χ4n) is 2.09. The molecule has 0 heterocycles. The van der Waals surface area contributed by atoms with E-state index in [1.165, 1.54) is 12.1 Å². The molecule has 21 heavy (non-hydrogen) atoms. The van der Waals surface area contributed by atoms with E-state index in [0.717, 1.165) is 11.3 Å². The van der Waals surface area contributed by atoms with E-state index in [-0.39, 0.29) is 12.2 Å². The maximum Gasteiger partial charge on any atom is 0.305 e. The molecular weight excluding hydrogens is 337 g/mol. The van der Waals surface area contributed by atoms with Crippen molar-refractivity contribution in [2.75, 3.05) is 11.4 Å². The normalized spacial score (nSPS) is 10.4. The molecule has 2 aromatic carbocycles.